The van der Waals surface area contributed by atoms with Crippen LogP contribution in [0.5, 0.6) is 0 Å². The molecule has 1 rings (SSSR count). The molecular weight excluding hydrogens is 292 g/mol. The number of carboxylic acids is 1. The van der Waals surface area contributed by atoms with Crippen molar-refractivity contribution in [1.29, 1.82) is 0 Å². The van der Waals surface area contributed by atoms with Gasteiger partial charge < -0.3 is 10.2 Å². The summed E-state index contributed by atoms with van der Waals surface area (Å²) in [6.07, 6.45) is 2.13. The van der Waals surface area contributed by atoms with Crippen LogP contribution in [0, 0.1) is 6.92 Å². The third kappa shape index (κ3) is 2.34. The van der Waals surface area contributed by atoms with Gasteiger partial charge in [0.25, 0.3) is 0 Å². The zero-order valence-corrected chi connectivity index (χ0v) is 10.3. The van der Waals surface area contributed by atoms with Crippen molar-refractivity contribution in [3.05, 3.63) is 28.3 Å². The van der Waals surface area contributed by atoms with Crippen LogP contribution in [0.3, 0.4) is 0 Å². The molecule has 0 aromatic rings. The Morgan fingerprint density at radius 3 is 2.64 bits per heavy atom. The average molecular weight is 301 g/mol. The highest BCUT2D eigenvalue weighted by molar-refractivity contribution is 9.11. The zero-order valence-electron chi connectivity index (χ0n) is 7.02. The molecule has 0 amide bonds. The first-order valence-electron chi connectivity index (χ1n) is 3.70. The maximum Gasteiger partial charge on any atom is 0.340 e. The van der Waals surface area contributed by atoms with Gasteiger partial charge in [0.1, 0.15) is 0 Å². The molecule has 0 aromatic heterocycles. The van der Waals surface area contributed by atoms with E-state index in [1.807, 2.05) is 0 Å². The monoisotopic (exact) mass is 299 g/mol. The number of carboxylic acid groups (broad SMARTS) is 1. The number of aliphatic hydroxyl groups excluding tert-OH is 1. The largest absolute Gasteiger partial charge is 0.477 e. The SMILES string of the molecule is [CH2]C(O)C(Br)[SH]1C(Cl)=CC=C1C(=O)O. The minimum atomic E-state index is -1.22. The lowest BCUT2D eigenvalue weighted by Crippen LogP contribution is -2.18. The Morgan fingerprint density at radius 2 is 2.21 bits per heavy atom. The predicted molar refractivity (Wildman–Crippen MR) is 62.7 cm³/mol. The van der Waals surface area contributed by atoms with Gasteiger partial charge in [0.05, 0.1) is 19.5 Å². The zero-order chi connectivity index (χ0) is 10.9. The molecule has 3 unspecified atom stereocenters. The highest BCUT2D eigenvalue weighted by Gasteiger charge is 2.31. The van der Waals surface area contributed by atoms with Crippen molar-refractivity contribution in [3.63, 3.8) is 0 Å². The number of rotatable bonds is 3. The Balaban J connectivity index is 2.90. The van der Waals surface area contributed by atoms with Gasteiger partial charge >= 0.3 is 5.97 Å². The summed E-state index contributed by atoms with van der Waals surface area (Å²) in [6.45, 7) is 3.43. The quantitative estimate of drug-likeness (QED) is 0.552. The fraction of sp³-hybridized carbons (Fsp3) is 0.250. The molecule has 1 aliphatic heterocycles. The second-order valence-electron chi connectivity index (χ2n) is 2.66. The van der Waals surface area contributed by atoms with Gasteiger partial charge in [0.2, 0.25) is 0 Å². The molecule has 0 aliphatic carbocycles. The van der Waals surface area contributed by atoms with Crippen LogP contribution in [0.25, 0.3) is 0 Å². The van der Waals surface area contributed by atoms with Crippen molar-refractivity contribution in [1.82, 2.24) is 0 Å². The molecule has 0 spiro atoms. The summed E-state index contributed by atoms with van der Waals surface area (Å²) >= 11 is 9.07. The van der Waals surface area contributed by atoms with E-state index in [1.54, 1.807) is 6.08 Å². The van der Waals surface area contributed by atoms with Gasteiger partial charge in [-0.05, 0) is 19.1 Å². The second kappa shape index (κ2) is 4.70. The molecule has 1 heterocycles. The first-order valence-corrected chi connectivity index (χ1v) is 6.41. The Morgan fingerprint density at radius 1 is 1.64 bits per heavy atom. The summed E-state index contributed by atoms with van der Waals surface area (Å²) in [6, 6.07) is 0. The lowest BCUT2D eigenvalue weighted by Gasteiger charge is -2.26. The minimum Gasteiger partial charge on any atom is -0.477 e. The van der Waals surface area contributed by atoms with Crippen LogP contribution in [0.15, 0.2) is 21.4 Å². The van der Waals surface area contributed by atoms with Crippen LogP contribution < -0.4 is 0 Å². The summed E-state index contributed by atoms with van der Waals surface area (Å²) in [5.74, 6) is -1.01. The van der Waals surface area contributed by atoms with E-state index in [1.165, 1.54) is 6.08 Å². The third-order valence-corrected chi connectivity index (χ3v) is 6.47. The Kier molecular flexibility index (Phi) is 4.06. The lowest BCUT2D eigenvalue weighted by molar-refractivity contribution is -0.131. The summed E-state index contributed by atoms with van der Waals surface area (Å²) in [5.41, 5.74) is 0. The number of carbonyl (C=O) groups is 1. The van der Waals surface area contributed by atoms with Gasteiger partial charge in [0, 0.05) is 0 Å². The van der Waals surface area contributed by atoms with Gasteiger partial charge in [-0.2, -0.15) is 10.9 Å². The molecule has 0 bridgehead atoms. The number of hydrogen-bond donors (Lipinski definition) is 3. The van der Waals surface area contributed by atoms with Gasteiger partial charge in [-0.1, -0.05) is 27.5 Å². The van der Waals surface area contributed by atoms with E-state index in [-0.39, 0.29) is 4.91 Å². The fourth-order valence-electron chi connectivity index (χ4n) is 1.02. The van der Waals surface area contributed by atoms with E-state index in [0.29, 0.717) is 4.36 Å². The van der Waals surface area contributed by atoms with Crippen LogP contribution in [-0.2, 0) is 4.79 Å². The van der Waals surface area contributed by atoms with E-state index in [4.69, 9.17) is 16.7 Å². The molecule has 0 fully saturated rings. The molecule has 0 aromatic carbocycles. The van der Waals surface area contributed by atoms with E-state index in [9.17, 15) is 9.90 Å². The predicted octanol–water partition coefficient (Wildman–Crippen LogP) is 1.97. The molecule has 1 aliphatic rings. The van der Waals surface area contributed by atoms with Crippen LogP contribution >= 0.6 is 38.4 Å². The second-order valence-corrected chi connectivity index (χ2v) is 7.28. The Bertz CT molecular complexity index is 314. The van der Waals surface area contributed by atoms with Gasteiger partial charge in [0.15, 0.2) is 0 Å². The van der Waals surface area contributed by atoms with E-state index in [2.05, 4.69) is 22.9 Å². The molecule has 2 N–H and O–H groups in total. The fourth-order valence-corrected chi connectivity index (χ4v) is 5.10. The first kappa shape index (κ1) is 12.1. The molecule has 6 heteroatoms. The van der Waals surface area contributed by atoms with Crippen LogP contribution in [0.1, 0.15) is 0 Å². The van der Waals surface area contributed by atoms with E-state index in [0.717, 1.165) is 0 Å². The highest BCUT2D eigenvalue weighted by atomic mass is 79.9. The summed E-state index contributed by atoms with van der Waals surface area (Å²) in [5, 5.41) is 18.1. The Hall–Kier alpha value is 0.0300. The summed E-state index contributed by atoms with van der Waals surface area (Å²) < 4.78 is 0.0353. The number of hydrogen-bond acceptors (Lipinski definition) is 2. The maximum absolute atomic E-state index is 10.8. The molecule has 14 heavy (non-hydrogen) atoms. The van der Waals surface area contributed by atoms with Gasteiger partial charge in [-0.15, -0.1) is 0 Å². The smallest absolute Gasteiger partial charge is 0.340 e. The first-order chi connectivity index (χ1) is 6.45. The van der Waals surface area contributed by atoms with Crippen molar-refractivity contribution in [2.45, 2.75) is 10.3 Å². The third-order valence-electron chi connectivity index (χ3n) is 1.65. The number of aliphatic hydroxyl groups is 1. The van der Waals surface area contributed by atoms with Crippen LogP contribution in [-0.4, -0.2) is 26.4 Å². The lowest BCUT2D eigenvalue weighted by atomic mass is 10.5. The molecule has 0 saturated heterocycles. The van der Waals surface area contributed by atoms with Gasteiger partial charge in [-0.25, -0.2) is 4.79 Å². The number of halogens is 2. The molecule has 1 radical (unpaired) electrons. The summed E-state index contributed by atoms with van der Waals surface area (Å²) in [7, 11) is -1.22. The van der Waals surface area contributed by atoms with Crippen LogP contribution in [0.2, 0.25) is 0 Å². The van der Waals surface area contributed by atoms with Crippen molar-refractivity contribution in [3.8, 4) is 0 Å². The van der Waals surface area contributed by atoms with E-state index < -0.39 is 27.1 Å². The maximum atomic E-state index is 10.8. The Labute approximate surface area is 97.9 Å². The molecule has 0 saturated carbocycles. The summed E-state index contributed by atoms with van der Waals surface area (Å²) in [4.78, 5) is 11.0. The normalized spacial score (nSPS) is 27.9. The topological polar surface area (TPSA) is 57.5 Å². The van der Waals surface area contributed by atoms with Crippen molar-refractivity contribution < 1.29 is 15.0 Å². The molecule has 79 valence electrons. The van der Waals surface area contributed by atoms with Crippen molar-refractivity contribution >= 4 is 44.4 Å². The number of allylic oxidation sites excluding steroid dienone is 2. The number of alkyl halides is 1. The van der Waals surface area contributed by atoms with Gasteiger partial charge in [-0.3, -0.25) is 0 Å². The highest BCUT2D eigenvalue weighted by Crippen LogP contribution is 2.55. The minimum absolute atomic E-state index is 0.231. The van der Waals surface area contributed by atoms with Crippen molar-refractivity contribution in [2.24, 2.45) is 0 Å². The molecular formula is C8H9BrClO3S. The standard InChI is InChI=1S/C8H9BrClO3S/c1-4(11)7(9)14-5(8(12)13)2-3-6(14)10/h2-4,7,11,14H,1H2,(H,12,13). The van der Waals surface area contributed by atoms with Crippen molar-refractivity contribution in [2.75, 3.05) is 0 Å². The van der Waals surface area contributed by atoms with Crippen LogP contribution in [0.4, 0.5) is 0 Å². The molecule has 3 nitrogen and oxygen atoms in total. The molecule has 3 atom stereocenters. The average Bonchev–Trinajstić information content (AvgIpc) is 2.45. The number of aliphatic carboxylic acids is 1. The van der Waals surface area contributed by atoms with E-state index >= 15 is 0 Å². The number of thiol groups is 1.